The van der Waals surface area contributed by atoms with Crippen molar-refractivity contribution < 1.29 is 4.79 Å². The summed E-state index contributed by atoms with van der Waals surface area (Å²) in [6.45, 7) is 3.23. The zero-order chi connectivity index (χ0) is 17.2. The minimum Gasteiger partial charge on any atom is -0.340 e. The molecule has 0 aliphatic carbocycles. The Hall–Kier alpha value is -2.96. The molecule has 0 radical (unpaired) electrons. The molecule has 7 heteroatoms. The van der Waals surface area contributed by atoms with Gasteiger partial charge in [-0.05, 0) is 13.3 Å². The van der Waals surface area contributed by atoms with Crippen LogP contribution in [-0.2, 0) is 17.6 Å². The molecule has 0 saturated carbocycles. The fraction of sp³-hybridized carbons (Fsp3) is 0.333. The number of rotatable bonds is 3. The van der Waals surface area contributed by atoms with Crippen LogP contribution >= 0.6 is 0 Å². The third kappa shape index (κ3) is 2.93. The Morgan fingerprint density at radius 1 is 1.20 bits per heavy atom. The summed E-state index contributed by atoms with van der Waals surface area (Å²) in [5, 5.41) is 11.8. The Morgan fingerprint density at radius 3 is 2.76 bits per heavy atom. The lowest BCUT2D eigenvalue weighted by Crippen LogP contribution is -2.38. The molecule has 0 spiro atoms. The first kappa shape index (κ1) is 15.6. The maximum Gasteiger partial charge on any atom is 0.247 e. The van der Waals surface area contributed by atoms with Gasteiger partial charge in [-0.2, -0.15) is 10.2 Å². The van der Waals surface area contributed by atoms with Gasteiger partial charge in [0, 0.05) is 36.3 Å². The number of H-pyrrole nitrogens is 1. The molecule has 1 atom stereocenters. The summed E-state index contributed by atoms with van der Waals surface area (Å²) in [5.41, 5.74) is 4.45. The van der Waals surface area contributed by atoms with Crippen LogP contribution < -0.4 is 0 Å². The molecular formula is C18H20N6O. The first-order valence-electron chi connectivity index (χ1n) is 8.48. The minimum absolute atomic E-state index is 0.0740. The van der Waals surface area contributed by atoms with Crippen LogP contribution in [0.4, 0.5) is 0 Å². The van der Waals surface area contributed by atoms with Crippen molar-refractivity contribution in [3.63, 3.8) is 0 Å². The number of fused-ring (bicyclic) bond motifs is 1. The van der Waals surface area contributed by atoms with E-state index in [1.54, 1.807) is 11.0 Å². The van der Waals surface area contributed by atoms with Crippen LogP contribution in [-0.4, -0.2) is 48.9 Å². The summed E-state index contributed by atoms with van der Waals surface area (Å²) >= 11 is 0. The highest BCUT2D eigenvalue weighted by atomic mass is 16.2. The summed E-state index contributed by atoms with van der Waals surface area (Å²) < 4.78 is 1.60. The van der Waals surface area contributed by atoms with Crippen molar-refractivity contribution in [1.82, 2.24) is 29.9 Å². The number of benzene rings is 1. The third-order valence-electron chi connectivity index (χ3n) is 4.77. The summed E-state index contributed by atoms with van der Waals surface area (Å²) in [6, 6.07) is 9.83. The fourth-order valence-electron chi connectivity index (χ4n) is 3.33. The van der Waals surface area contributed by atoms with Gasteiger partial charge in [-0.3, -0.25) is 9.89 Å². The fourth-order valence-corrected chi connectivity index (χ4v) is 3.33. The van der Waals surface area contributed by atoms with Crippen LogP contribution in [0.25, 0.3) is 11.3 Å². The first-order chi connectivity index (χ1) is 12.2. The highest BCUT2D eigenvalue weighted by Gasteiger charge is 2.26. The average Bonchev–Trinajstić information content (AvgIpc) is 3.28. The van der Waals surface area contributed by atoms with E-state index in [1.165, 1.54) is 11.9 Å². The van der Waals surface area contributed by atoms with E-state index >= 15 is 0 Å². The zero-order valence-corrected chi connectivity index (χ0v) is 14.1. The van der Waals surface area contributed by atoms with Crippen molar-refractivity contribution in [3.8, 4) is 11.3 Å². The van der Waals surface area contributed by atoms with Gasteiger partial charge in [0.05, 0.1) is 5.69 Å². The molecule has 0 bridgehead atoms. The van der Waals surface area contributed by atoms with Gasteiger partial charge in [0.1, 0.15) is 18.7 Å². The lowest BCUT2D eigenvalue weighted by atomic mass is 10.0. The van der Waals surface area contributed by atoms with Crippen LogP contribution in [0.1, 0.15) is 24.2 Å². The maximum atomic E-state index is 12.8. The lowest BCUT2D eigenvalue weighted by Gasteiger charge is -2.24. The SMILES string of the molecule is CC(C(=O)N1CCc2[nH]nc(-c3ccccc3)c2CC1)n1cncn1. The van der Waals surface area contributed by atoms with Crippen LogP contribution in [0.3, 0.4) is 0 Å². The molecule has 1 unspecified atom stereocenters. The van der Waals surface area contributed by atoms with Crippen LogP contribution in [0, 0.1) is 0 Å². The van der Waals surface area contributed by atoms with Crippen molar-refractivity contribution in [3.05, 3.63) is 54.2 Å². The van der Waals surface area contributed by atoms with Gasteiger partial charge in [0.2, 0.25) is 5.91 Å². The smallest absolute Gasteiger partial charge is 0.247 e. The molecule has 7 nitrogen and oxygen atoms in total. The van der Waals surface area contributed by atoms with E-state index in [0.29, 0.717) is 13.1 Å². The Balaban J connectivity index is 1.53. The van der Waals surface area contributed by atoms with Crippen LogP contribution in [0.2, 0.25) is 0 Å². The van der Waals surface area contributed by atoms with Crippen molar-refractivity contribution in [2.24, 2.45) is 0 Å². The predicted molar refractivity (Wildman–Crippen MR) is 92.7 cm³/mol. The van der Waals surface area contributed by atoms with Gasteiger partial charge in [-0.15, -0.1) is 0 Å². The number of nitrogens with one attached hydrogen (secondary N) is 1. The number of carbonyl (C=O) groups excluding carboxylic acids is 1. The third-order valence-corrected chi connectivity index (χ3v) is 4.77. The highest BCUT2D eigenvalue weighted by Crippen LogP contribution is 2.27. The van der Waals surface area contributed by atoms with E-state index in [9.17, 15) is 4.79 Å². The van der Waals surface area contributed by atoms with Crippen LogP contribution in [0.15, 0.2) is 43.0 Å². The number of nitrogens with zero attached hydrogens (tertiary/aromatic N) is 5. The van der Waals surface area contributed by atoms with Crippen molar-refractivity contribution in [2.45, 2.75) is 25.8 Å². The summed E-state index contributed by atoms with van der Waals surface area (Å²) in [7, 11) is 0. The van der Waals surface area contributed by atoms with Crippen LogP contribution in [0.5, 0.6) is 0 Å². The standard InChI is InChI=1S/C18H20N6O/c1-13(24-12-19-11-20-24)18(25)23-9-7-15-16(8-10-23)21-22-17(15)14-5-3-2-4-6-14/h2-6,11-13H,7-10H2,1H3,(H,21,22). The van der Waals surface area contributed by atoms with Crippen molar-refractivity contribution in [1.29, 1.82) is 0 Å². The lowest BCUT2D eigenvalue weighted by molar-refractivity contribution is -0.134. The van der Waals surface area contributed by atoms with Gasteiger partial charge in [-0.1, -0.05) is 30.3 Å². The second-order valence-electron chi connectivity index (χ2n) is 6.27. The maximum absolute atomic E-state index is 12.8. The quantitative estimate of drug-likeness (QED) is 0.792. The number of aromatic amines is 1. The molecule has 128 valence electrons. The van der Waals surface area contributed by atoms with Gasteiger partial charge in [0.25, 0.3) is 0 Å². The van der Waals surface area contributed by atoms with E-state index in [1.807, 2.05) is 30.0 Å². The minimum atomic E-state index is -0.342. The van der Waals surface area contributed by atoms with E-state index < -0.39 is 0 Å². The number of hydrogen-bond acceptors (Lipinski definition) is 4. The predicted octanol–water partition coefficient (Wildman–Crippen LogP) is 1.86. The number of aromatic nitrogens is 5. The van der Waals surface area contributed by atoms with Crippen molar-refractivity contribution in [2.75, 3.05) is 13.1 Å². The molecule has 1 aromatic carbocycles. The molecule has 0 saturated heterocycles. The van der Waals surface area contributed by atoms with Crippen molar-refractivity contribution >= 4 is 5.91 Å². The van der Waals surface area contributed by atoms with Gasteiger partial charge >= 0.3 is 0 Å². The van der Waals surface area contributed by atoms with Gasteiger partial charge < -0.3 is 4.90 Å². The second-order valence-corrected chi connectivity index (χ2v) is 6.27. The Bertz CT molecular complexity index is 855. The van der Waals surface area contributed by atoms with E-state index in [4.69, 9.17) is 0 Å². The molecule has 3 heterocycles. The molecule has 1 aliphatic rings. The Morgan fingerprint density at radius 2 is 2.00 bits per heavy atom. The molecule has 1 N–H and O–H groups in total. The number of amides is 1. The topological polar surface area (TPSA) is 79.7 Å². The van der Waals surface area contributed by atoms with E-state index in [-0.39, 0.29) is 11.9 Å². The molecule has 4 rings (SSSR count). The van der Waals surface area contributed by atoms with E-state index in [0.717, 1.165) is 29.8 Å². The Kier molecular flexibility index (Phi) is 4.05. The summed E-state index contributed by atoms with van der Waals surface area (Å²) in [5.74, 6) is 0.0740. The summed E-state index contributed by atoms with van der Waals surface area (Å²) in [4.78, 5) is 18.6. The molecule has 1 aliphatic heterocycles. The Labute approximate surface area is 145 Å². The highest BCUT2D eigenvalue weighted by molar-refractivity contribution is 5.80. The monoisotopic (exact) mass is 336 g/mol. The molecule has 2 aromatic heterocycles. The average molecular weight is 336 g/mol. The first-order valence-corrected chi connectivity index (χ1v) is 8.48. The summed E-state index contributed by atoms with van der Waals surface area (Å²) in [6.07, 6.45) is 4.62. The van der Waals surface area contributed by atoms with Gasteiger partial charge in [-0.25, -0.2) is 9.67 Å². The normalized spacial score (nSPS) is 15.5. The second kappa shape index (κ2) is 6.51. The number of carbonyl (C=O) groups is 1. The largest absolute Gasteiger partial charge is 0.340 e. The van der Waals surface area contributed by atoms with Gasteiger partial charge in [0.15, 0.2) is 0 Å². The molecular weight excluding hydrogens is 316 g/mol. The molecule has 25 heavy (non-hydrogen) atoms. The molecule has 0 fully saturated rings. The molecule has 3 aromatic rings. The number of hydrogen-bond donors (Lipinski definition) is 1. The molecule has 1 amide bonds. The van der Waals surface area contributed by atoms with E-state index in [2.05, 4.69) is 32.4 Å². The zero-order valence-electron chi connectivity index (χ0n) is 14.1.